The van der Waals surface area contributed by atoms with Crippen molar-refractivity contribution in [3.05, 3.63) is 16.0 Å². The molecule has 0 aromatic carbocycles. The first-order valence-electron chi connectivity index (χ1n) is 9.32. The SMILES string of the molecule is CCOC(=O)c1c(NC(=O)CN2CCCC[C@@H]2C)sc(C(=O)N(C)C)c1C. The van der Waals surface area contributed by atoms with Crippen LogP contribution in [0.2, 0.25) is 0 Å². The van der Waals surface area contributed by atoms with Gasteiger partial charge in [0.15, 0.2) is 0 Å². The van der Waals surface area contributed by atoms with Crippen molar-refractivity contribution in [2.24, 2.45) is 0 Å². The van der Waals surface area contributed by atoms with Gasteiger partial charge in [-0.15, -0.1) is 11.3 Å². The standard InChI is InChI=1S/C19H29N3O4S/c1-6-26-19(25)15-13(3)16(18(24)21(4)5)27-17(15)20-14(23)11-22-10-8-7-9-12(22)2/h12H,6-11H2,1-5H3,(H,20,23)/t12-/m0/s1. The summed E-state index contributed by atoms with van der Waals surface area (Å²) < 4.78 is 5.13. The predicted molar refractivity (Wildman–Crippen MR) is 107 cm³/mol. The lowest BCUT2D eigenvalue weighted by Crippen LogP contribution is -2.42. The molecule has 27 heavy (non-hydrogen) atoms. The van der Waals surface area contributed by atoms with Gasteiger partial charge < -0.3 is 15.0 Å². The van der Waals surface area contributed by atoms with Crippen molar-refractivity contribution in [3.8, 4) is 0 Å². The highest BCUT2D eigenvalue weighted by atomic mass is 32.1. The summed E-state index contributed by atoms with van der Waals surface area (Å²) in [7, 11) is 3.31. The molecule has 0 radical (unpaired) electrons. The van der Waals surface area contributed by atoms with E-state index in [0.717, 1.165) is 30.7 Å². The Balaban J connectivity index is 2.25. The third kappa shape index (κ3) is 5.07. The number of esters is 1. The molecule has 1 aliphatic rings. The molecule has 150 valence electrons. The number of nitrogens with one attached hydrogen (secondary N) is 1. The molecule has 2 rings (SSSR count). The van der Waals surface area contributed by atoms with Gasteiger partial charge in [-0.1, -0.05) is 6.42 Å². The maximum Gasteiger partial charge on any atom is 0.341 e. The molecule has 2 heterocycles. The quantitative estimate of drug-likeness (QED) is 0.750. The zero-order valence-corrected chi connectivity index (χ0v) is 17.6. The van der Waals surface area contributed by atoms with Crippen LogP contribution < -0.4 is 5.32 Å². The molecule has 1 aliphatic heterocycles. The molecule has 8 heteroatoms. The number of nitrogens with zero attached hydrogens (tertiary/aromatic N) is 2. The normalized spacial score (nSPS) is 17.4. The molecule has 0 saturated carbocycles. The third-order valence-electron chi connectivity index (χ3n) is 4.77. The maximum atomic E-state index is 12.6. The number of hydrogen-bond acceptors (Lipinski definition) is 6. The lowest BCUT2D eigenvalue weighted by atomic mass is 10.0. The van der Waals surface area contributed by atoms with Crippen LogP contribution in [0.3, 0.4) is 0 Å². The van der Waals surface area contributed by atoms with Gasteiger partial charge in [0.2, 0.25) is 5.91 Å². The Morgan fingerprint density at radius 1 is 1.30 bits per heavy atom. The Kier molecular flexibility index (Phi) is 7.38. The van der Waals surface area contributed by atoms with Gasteiger partial charge in [0.25, 0.3) is 5.91 Å². The van der Waals surface area contributed by atoms with Crippen LogP contribution in [0.25, 0.3) is 0 Å². The second-order valence-corrected chi connectivity index (χ2v) is 8.06. The number of thiophene rings is 1. The van der Waals surface area contributed by atoms with E-state index in [1.54, 1.807) is 27.9 Å². The maximum absolute atomic E-state index is 12.6. The van der Waals surface area contributed by atoms with Crippen molar-refractivity contribution < 1.29 is 19.1 Å². The molecule has 0 unspecified atom stereocenters. The van der Waals surface area contributed by atoms with Crippen LogP contribution in [-0.4, -0.2) is 67.4 Å². The molecule has 1 aromatic heterocycles. The van der Waals surface area contributed by atoms with Crippen LogP contribution in [0.5, 0.6) is 0 Å². The van der Waals surface area contributed by atoms with Crippen molar-refractivity contribution in [1.29, 1.82) is 0 Å². The summed E-state index contributed by atoms with van der Waals surface area (Å²) in [5.74, 6) is -0.904. The molecular weight excluding hydrogens is 366 g/mol. The molecule has 1 N–H and O–H groups in total. The van der Waals surface area contributed by atoms with E-state index in [9.17, 15) is 14.4 Å². The largest absolute Gasteiger partial charge is 0.462 e. The molecule has 0 aliphatic carbocycles. The van der Waals surface area contributed by atoms with E-state index in [2.05, 4.69) is 17.1 Å². The molecule has 0 spiro atoms. The molecular formula is C19H29N3O4S. The zero-order chi connectivity index (χ0) is 20.1. The minimum absolute atomic E-state index is 0.181. The fourth-order valence-electron chi connectivity index (χ4n) is 3.20. The summed E-state index contributed by atoms with van der Waals surface area (Å²) in [5, 5.41) is 3.22. The van der Waals surface area contributed by atoms with Gasteiger partial charge in [-0.05, 0) is 45.7 Å². The molecule has 1 atom stereocenters. The summed E-state index contributed by atoms with van der Waals surface area (Å²) in [6.07, 6.45) is 3.36. The summed E-state index contributed by atoms with van der Waals surface area (Å²) in [5.41, 5.74) is 0.811. The highest BCUT2D eigenvalue weighted by Crippen LogP contribution is 2.34. The average molecular weight is 396 g/mol. The lowest BCUT2D eigenvalue weighted by molar-refractivity contribution is -0.118. The number of hydrogen-bond donors (Lipinski definition) is 1. The van der Waals surface area contributed by atoms with Crippen molar-refractivity contribution in [2.75, 3.05) is 39.1 Å². The van der Waals surface area contributed by atoms with Crippen LogP contribution in [0, 0.1) is 6.92 Å². The third-order valence-corrected chi connectivity index (χ3v) is 5.96. The van der Waals surface area contributed by atoms with Crippen molar-refractivity contribution in [2.45, 2.75) is 46.1 Å². The molecule has 7 nitrogen and oxygen atoms in total. The molecule has 1 saturated heterocycles. The summed E-state index contributed by atoms with van der Waals surface area (Å²) in [4.78, 5) is 41.5. The second kappa shape index (κ2) is 9.32. The smallest absolute Gasteiger partial charge is 0.341 e. The number of ether oxygens (including phenoxy) is 1. The first-order chi connectivity index (χ1) is 12.8. The fraction of sp³-hybridized carbons (Fsp3) is 0.632. The van der Waals surface area contributed by atoms with E-state index in [4.69, 9.17) is 4.74 Å². The van der Waals surface area contributed by atoms with E-state index in [-0.39, 0.29) is 30.5 Å². The van der Waals surface area contributed by atoms with Crippen molar-refractivity contribution in [1.82, 2.24) is 9.80 Å². The first-order valence-corrected chi connectivity index (χ1v) is 10.1. The molecule has 0 bridgehead atoms. The van der Waals surface area contributed by atoms with E-state index >= 15 is 0 Å². The van der Waals surface area contributed by atoms with Gasteiger partial charge in [0, 0.05) is 20.1 Å². The fourth-order valence-corrected chi connectivity index (χ4v) is 4.43. The zero-order valence-electron chi connectivity index (χ0n) is 16.8. The van der Waals surface area contributed by atoms with Gasteiger partial charge in [-0.25, -0.2) is 4.79 Å². The van der Waals surface area contributed by atoms with E-state index in [1.807, 2.05) is 0 Å². The summed E-state index contributed by atoms with van der Waals surface area (Å²) in [6, 6.07) is 0.366. The van der Waals surface area contributed by atoms with Gasteiger partial charge in [0.05, 0.1) is 23.6 Å². The minimum atomic E-state index is -0.523. The Hall–Kier alpha value is -1.93. The van der Waals surface area contributed by atoms with Gasteiger partial charge in [-0.2, -0.15) is 0 Å². The van der Waals surface area contributed by atoms with Crippen LogP contribution in [0.15, 0.2) is 0 Å². The van der Waals surface area contributed by atoms with E-state index in [0.29, 0.717) is 21.5 Å². The van der Waals surface area contributed by atoms with Crippen LogP contribution in [0.4, 0.5) is 5.00 Å². The van der Waals surface area contributed by atoms with E-state index < -0.39 is 5.97 Å². The van der Waals surface area contributed by atoms with E-state index in [1.165, 1.54) is 11.3 Å². The Bertz CT molecular complexity index is 714. The van der Waals surface area contributed by atoms with Crippen LogP contribution in [-0.2, 0) is 9.53 Å². The van der Waals surface area contributed by atoms with Crippen LogP contribution in [0.1, 0.15) is 58.7 Å². The Labute approximate surface area is 164 Å². The topological polar surface area (TPSA) is 79.0 Å². The van der Waals surface area contributed by atoms with Gasteiger partial charge in [0.1, 0.15) is 5.00 Å². The first kappa shape index (κ1) is 21.4. The Morgan fingerprint density at radius 3 is 2.59 bits per heavy atom. The minimum Gasteiger partial charge on any atom is -0.462 e. The number of carbonyl (C=O) groups is 3. The number of anilines is 1. The van der Waals surface area contributed by atoms with Crippen molar-refractivity contribution in [3.63, 3.8) is 0 Å². The molecule has 2 amide bonds. The molecule has 1 fully saturated rings. The van der Waals surface area contributed by atoms with Gasteiger partial charge in [-0.3, -0.25) is 14.5 Å². The summed E-state index contributed by atoms with van der Waals surface area (Å²) >= 11 is 1.13. The number of piperidine rings is 1. The van der Waals surface area contributed by atoms with Crippen molar-refractivity contribution >= 4 is 34.1 Å². The average Bonchev–Trinajstić information content (AvgIpc) is 2.92. The number of likely N-dealkylation sites (tertiary alicyclic amines) is 1. The second-order valence-electron chi connectivity index (χ2n) is 7.04. The monoisotopic (exact) mass is 395 g/mol. The number of rotatable bonds is 6. The molecule has 1 aromatic rings. The van der Waals surface area contributed by atoms with Gasteiger partial charge >= 0.3 is 5.97 Å². The lowest BCUT2D eigenvalue weighted by Gasteiger charge is -2.32. The number of carbonyl (C=O) groups excluding carboxylic acids is 3. The predicted octanol–water partition coefficient (Wildman–Crippen LogP) is 2.75. The van der Waals surface area contributed by atoms with Crippen LogP contribution >= 0.6 is 11.3 Å². The highest BCUT2D eigenvalue weighted by Gasteiger charge is 2.28. The summed E-state index contributed by atoms with van der Waals surface area (Å²) in [6.45, 7) is 6.96. The Morgan fingerprint density at radius 2 is 2.00 bits per heavy atom. The highest BCUT2D eigenvalue weighted by molar-refractivity contribution is 7.18. The number of amides is 2.